The smallest absolute Gasteiger partial charge is 0.185 e. The molecule has 2 aromatic heterocycles. The number of nitrogens with one attached hydrogen (secondary N) is 1. The van der Waals surface area contributed by atoms with Crippen molar-refractivity contribution in [3.63, 3.8) is 0 Å². The lowest BCUT2D eigenvalue weighted by Crippen LogP contribution is -1.78. The maximum absolute atomic E-state index is 10.3. The normalized spacial score (nSPS) is 10.4. The quantitative estimate of drug-likeness (QED) is 0.535. The van der Waals surface area contributed by atoms with Crippen LogP contribution in [0.15, 0.2) is 12.3 Å². The molecule has 2 aromatic rings. The highest BCUT2D eigenvalue weighted by atomic mass is 35.5. The molecule has 2 rings (SSSR count). The largest absolute Gasteiger partial charge is 0.334 e. The molecule has 5 heteroatoms. The van der Waals surface area contributed by atoms with Gasteiger partial charge in [0.2, 0.25) is 0 Å². The molecule has 0 bridgehead atoms. The van der Waals surface area contributed by atoms with Gasteiger partial charge in [-0.15, -0.1) is 0 Å². The second-order valence-electron chi connectivity index (χ2n) is 2.26. The number of imidazole rings is 1. The van der Waals surface area contributed by atoms with Crippen LogP contribution in [0.2, 0.25) is 5.15 Å². The molecule has 0 aromatic carbocycles. The number of aromatic amines is 1. The van der Waals surface area contributed by atoms with Crippen LogP contribution in [0.25, 0.3) is 11.0 Å². The average molecular weight is 182 g/mol. The van der Waals surface area contributed by atoms with Crippen molar-refractivity contribution in [2.75, 3.05) is 0 Å². The molecule has 0 fully saturated rings. The number of carbonyl (C=O) groups excluding carboxylic acids is 1. The molecule has 0 amide bonds. The lowest BCUT2D eigenvalue weighted by molar-refractivity contribution is 0.111. The first-order valence-corrected chi connectivity index (χ1v) is 3.64. The Labute approximate surface area is 72.6 Å². The van der Waals surface area contributed by atoms with E-state index in [-0.39, 0.29) is 5.82 Å². The third kappa shape index (κ3) is 1.06. The molecular weight excluding hydrogens is 178 g/mol. The Kier molecular flexibility index (Phi) is 1.55. The van der Waals surface area contributed by atoms with Crippen molar-refractivity contribution in [1.29, 1.82) is 0 Å². The Hall–Kier alpha value is -1.42. The van der Waals surface area contributed by atoms with Crippen LogP contribution in [0.5, 0.6) is 0 Å². The standard InChI is InChI=1S/C7H4ClN3O/c8-6-1-4-5(2-9-6)11-7(3-12)10-4/h1-3H,(H,10,11). The first-order chi connectivity index (χ1) is 5.79. The van der Waals surface area contributed by atoms with E-state index in [0.29, 0.717) is 22.5 Å². The van der Waals surface area contributed by atoms with Crippen molar-refractivity contribution < 1.29 is 4.79 Å². The van der Waals surface area contributed by atoms with Gasteiger partial charge in [-0.2, -0.15) is 0 Å². The SMILES string of the molecule is O=Cc1nc2cc(Cl)ncc2[nH]1. The highest BCUT2D eigenvalue weighted by molar-refractivity contribution is 6.29. The Morgan fingerprint density at radius 1 is 1.58 bits per heavy atom. The summed E-state index contributed by atoms with van der Waals surface area (Å²) in [6.45, 7) is 0. The summed E-state index contributed by atoms with van der Waals surface area (Å²) in [5.41, 5.74) is 1.36. The first kappa shape index (κ1) is 7.24. The van der Waals surface area contributed by atoms with E-state index in [1.54, 1.807) is 6.07 Å². The van der Waals surface area contributed by atoms with Gasteiger partial charge in [-0.05, 0) is 0 Å². The van der Waals surface area contributed by atoms with Crippen LogP contribution in [0.3, 0.4) is 0 Å². The molecule has 0 saturated carbocycles. The minimum Gasteiger partial charge on any atom is -0.334 e. The first-order valence-electron chi connectivity index (χ1n) is 3.26. The predicted molar refractivity (Wildman–Crippen MR) is 44.3 cm³/mol. The van der Waals surface area contributed by atoms with Crippen LogP contribution in [0.4, 0.5) is 0 Å². The number of aromatic nitrogens is 3. The van der Waals surface area contributed by atoms with E-state index >= 15 is 0 Å². The summed E-state index contributed by atoms with van der Waals surface area (Å²) in [6, 6.07) is 1.60. The molecular formula is C7H4ClN3O. The van der Waals surface area contributed by atoms with Crippen molar-refractivity contribution >= 4 is 28.9 Å². The fourth-order valence-corrected chi connectivity index (χ4v) is 1.11. The summed E-state index contributed by atoms with van der Waals surface area (Å²) in [5.74, 6) is 0.286. The molecule has 0 radical (unpaired) electrons. The van der Waals surface area contributed by atoms with Gasteiger partial charge < -0.3 is 4.98 Å². The zero-order valence-corrected chi connectivity index (χ0v) is 6.67. The van der Waals surface area contributed by atoms with E-state index in [9.17, 15) is 4.79 Å². The number of carbonyl (C=O) groups is 1. The zero-order valence-electron chi connectivity index (χ0n) is 5.91. The Bertz CT molecular complexity index is 437. The number of hydrogen-bond donors (Lipinski definition) is 1. The van der Waals surface area contributed by atoms with Gasteiger partial charge in [-0.25, -0.2) is 9.97 Å². The molecule has 0 saturated heterocycles. The van der Waals surface area contributed by atoms with Crippen LogP contribution in [0.1, 0.15) is 10.6 Å². The number of H-pyrrole nitrogens is 1. The van der Waals surface area contributed by atoms with Crippen LogP contribution in [-0.2, 0) is 0 Å². The Morgan fingerprint density at radius 2 is 2.42 bits per heavy atom. The van der Waals surface area contributed by atoms with Crippen molar-refractivity contribution in [2.24, 2.45) is 0 Å². The summed E-state index contributed by atoms with van der Waals surface area (Å²) in [4.78, 5) is 20.9. The van der Waals surface area contributed by atoms with Gasteiger partial charge >= 0.3 is 0 Å². The minimum atomic E-state index is 0.286. The maximum Gasteiger partial charge on any atom is 0.185 e. The number of halogens is 1. The highest BCUT2D eigenvalue weighted by Gasteiger charge is 2.01. The van der Waals surface area contributed by atoms with E-state index in [1.165, 1.54) is 6.20 Å². The number of aldehydes is 1. The van der Waals surface area contributed by atoms with Gasteiger partial charge in [-0.3, -0.25) is 4.79 Å². The second-order valence-corrected chi connectivity index (χ2v) is 2.65. The summed E-state index contributed by atoms with van der Waals surface area (Å²) < 4.78 is 0. The fraction of sp³-hybridized carbons (Fsp3) is 0. The summed E-state index contributed by atoms with van der Waals surface area (Å²) in [7, 11) is 0. The number of fused-ring (bicyclic) bond motifs is 1. The molecule has 0 atom stereocenters. The summed E-state index contributed by atoms with van der Waals surface area (Å²) in [5, 5.41) is 0.367. The lowest BCUT2D eigenvalue weighted by atomic mass is 10.4. The van der Waals surface area contributed by atoms with Crippen LogP contribution >= 0.6 is 11.6 Å². The number of pyridine rings is 1. The maximum atomic E-state index is 10.3. The average Bonchev–Trinajstić information content (AvgIpc) is 2.46. The second kappa shape index (κ2) is 2.57. The third-order valence-electron chi connectivity index (χ3n) is 1.46. The third-order valence-corrected chi connectivity index (χ3v) is 1.67. The molecule has 12 heavy (non-hydrogen) atoms. The van der Waals surface area contributed by atoms with Gasteiger partial charge in [0.1, 0.15) is 5.15 Å². The molecule has 0 spiro atoms. The molecule has 60 valence electrons. The van der Waals surface area contributed by atoms with E-state index in [0.717, 1.165) is 0 Å². The van der Waals surface area contributed by atoms with E-state index in [1.807, 2.05) is 0 Å². The molecule has 2 heterocycles. The van der Waals surface area contributed by atoms with Gasteiger partial charge in [0.05, 0.1) is 17.2 Å². The molecule has 4 nitrogen and oxygen atoms in total. The van der Waals surface area contributed by atoms with Gasteiger partial charge in [0.15, 0.2) is 12.1 Å². The van der Waals surface area contributed by atoms with Crippen LogP contribution in [-0.4, -0.2) is 21.2 Å². The lowest BCUT2D eigenvalue weighted by Gasteiger charge is -1.86. The Morgan fingerprint density at radius 3 is 3.17 bits per heavy atom. The summed E-state index contributed by atoms with van der Waals surface area (Å²) in [6.07, 6.45) is 2.19. The van der Waals surface area contributed by atoms with Crippen molar-refractivity contribution in [3.8, 4) is 0 Å². The van der Waals surface area contributed by atoms with E-state index in [2.05, 4.69) is 15.0 Å². The highest BCUT2D eigenvalue weighted by Crippen LogP contribution is 2.13. The predicted octanol–water partition coefficient (Wildman–Crippen LogP) is 1.42. The van der Waals surface area contributed by atoms with Crippen molar-refractivity contribution in [1.82, 2.24) is 15.0 Å². The van der Waals surface area contributed by atoms with Crippen LogP contribution < -0.4 is 0 Å². The number of nitrogens with zero attached hydrogens (tertiary/aromatic N) is 2. The molecule has 0 aliphatic carbocycles. The molecule has 1 N–H and O–H groups in total. The molecule has 0 aliphatic heterocycles. The van der Waals surface area contributed by atoms with E-state index in [4.69, 9.17) is 11.6 Å². The van der Waals surface area contributed by atoms with Crippen LogP contribution in [0, 0.1) is 0 Å². The molecule has 0 unspecified atom stereocenters. The van der Waals surface area contributed by atoms with Gasteiger partial charge in [-0.1, -0.05) is 11.6 Å². The van der Waals surface area contributed by atoms with E-state index < -0.39 is 0 Å². The number of rotatable bonds is 1. The van der Waals surface area contributed by atoms with Crippen molar-refractivity contribution in [2.45, 2.75) is 0 Å². The van der Waals surface area contributed by atoms with Crippen molar-refractivity contribution in [3.05, 3.63) is 23.2 Å². The monoisotopic (exact) mass is 181 g/mol. The molecule has 0 aliphatic rings. The summed E-state index contributed by atoms with van der Waals surface area (Å²) >= 11 is 5.62. The topological polar surface area (TPSA) is 58.6 Å². The fourth-order valence-electron chi connectivity index (χ4n) is 0.961. The van der Waals surface area contributed by atoms with Gasteiger partial charge in [0.25, 0.3) is 0 Å². The Balaban J connectivity index is 2.75. The minimum absolute atomic E-state index is 0.286. The zero-order chi connectivity index (χ0) is 8.55. The van der Waals surface area contributed by atoms with Gasteiger partial charge in [0, 0.05) is 6.07 Å². The number of hydrogen-bond acceptors (Lipinski definition) is 3.